The third-order valence-electron chi connectivity index (χ3n) is 6.49. The number of para-hydroxylation sites is 2. The van der Waals surface area contributed by atoms with Crippen molar-refractivity contribution in [1.29, 1.82) is 5.26 Å². The number of aromatic nitrogens is 2. The minimum Gasteiger partial charge on any atom is -0.455 e. The first-order valence-electron chi connectivity index (χ1n) is 11.1. The lowest BCUT2D eigenvalue weighted by Gasteiger charge is -2.10. The highest BCUT2D eigenvalue weighted by Crippen LogP contribution is 2.40. The number of pyridine rings is 1. The zero-order valence-corrected chi connectivity index (χ0v) is 18.1. The Labute approximate surface area is 194 Å². The average Bonchev–Trinajstić information content (AvgIpc) is 3.44. The van der Waals surface area contributed by atoms with E-state index in [2.05, 4.69) is 70.2 Å². The monoisotopic (exact) mass is 435 g/mol. The highest BCUT2D eigenvalue weighted by Gasteiger charge is 2.18. The van der Waals surface area contributed by atoms with Crippen LogP contribution in [0.15, 0.2) is 108 Å². The van der Waals surface area contributed by atoms with Crippen molar-refractivity contribution in [3.05, 3.63) is 109 Å². The minimum atomic E-state index is 0.548. The molecule has 0 bridgehead atoms. The molecule has 34 heavy (non-hydrogen) atoms. The van der Waals surface area contributed by atoms with Gasteiger partial charge in [-0.1, -0.05) is 48.5 Å². The van der Waals surface area contributed by atoms with Crippen LogP contribution in [0.2, 0.25) is 0 Å². The lowest BCUT2D eigenvalue weighted by Crippen LogP contribution is -1.94. The second-order valence-electron chi connectivity index (χ2n) is 8.41. The second kappa shape index (κ2) is 7.06. The van der Waals surface area contributed by atoms with Gasteiger partial charge in [0.2, 0.25) is 0 Å². The highest BCUT2D eigenvalue weighted by molar-refractivity contribution is 6.23. The molecule has 0 saturated carbocycles. The van der Waals surface area contributed by atoms with Crippen LogP contribution in [0.4, 0.5) is 0 Å². The van der Waals surface area contributed by atoms with Gasteiger partial charge in [-0.05, 0) is 48.0 Å². The van der Waals surface area contributed by atoms with Crippen LogP contribution in [0.3, 0.4) is 0 Å². The van der Waals surface area contributed by atoms with Gasteiger partial charge in [-0.2, -0.15) is 5.26 Å². The summed E-state index contributed by atoms with van der Waals surface area (Å²) in [4.78, 5) is 4.24. The number of rotatable bonds is 2. The van der Waals surface area contributed by atoms with Crippen LogP contribution in [0, 0.1) is 11.3 Å². The van der Waals surface area contributed by atoms with Crippen LogP contribution in [0.25, 0.3) is 60.6 Å². The van der Waals surface area contributed by atoms with Crippen LogP contribution in [0.1, 0.15) is 5.56 Å². The molecule has 0 aliphatic rings. The Morgan fingerprint density at radius 1 is 0.706 bits per heavy atom. The molecule has 0 saturated heterocycles. The summed E-state index contributed by atoms with van der Waals surface area (Å²) in [7, 11) is 0. The molecule has 0 fully saturated rings. The number of hydrogen-bond acceptors (Lipinski definition) is 3. The van der Waals surface area contributed by atoms with Gasteiger partial charge >= 0.3 is 0 Å². The molecule has 7 aromatic rings. The zero-order chi connectivity index (χ0) is 22.6. The van der Waals surface area contributed by atoms with Crippen LogP contribution in [0.5, 0.6) is 0 Å². The highest BCUT2D eigenvalue weighted by atomic mass is 16.3. The Morgan fingerprint density at radius 2 is 1.56 bits per heavy atom. The van der Waals surface area contributed by atoms with E-state index < -0.39 is 0 Å². The molecule has 0 amide bonds. The Morgan fingerprint density at radius 3 is 2.47 bits per heavy atom. The Hall–Kier alpha value is -4.88. The molecular formula is C30H17N3O. The van der Waals surface area contributed by atoms with Crippen LogP contribution < -0.4 is 0 Å². The molecule has 3 aromatic heterocycles. The van der Waals surface area contributed by atoms with E-state index in [1.54, 1.807) is 12.4 Å². The lowest BCUT2D eigenvalue weighted by molar-refractivity contribution is 0.673. The Balaban J connectivity index is 1.55. The van der Waals surface area contributed by atoms with E-state index in [-0.39, 0.29) is 0 Å². The molecule has 0 N–H and O–H groups in total. The molecule has 0 aliphatic heterocycles. The average molecular weight is 435 g/mol. The summed E-state index contributed by atoms with van der Waals surface area (Å²) >= 11 is 0. The molecule has 0 radical (unpaired) electrons. The number of benzene rings is 4. The maximum atomic E-state index is 9.29. The maximum Gasteiger partial charge on any atom is 0.145 e. The Bertz CT molecular complexity index is 1930. The molecule has 3 heterocycles. The van der Waals surface area contributed by atoms with E-state index in [4.69, 9.17) is 4.42 Å². The first-order chi connectivity index (χ1) is 16.8. The van der Waals surface area contributed by atoms with Gasteiger partial charge in [0.1, 0.15) is 17.2 Å². The van der Waals surface area contributed by atoms with Crippen molar-refractivity contribution >= 4 is 43.7 Å². The van der Waals surface area contributed by atoms with Gasteiger partial charge in [-0.25, -0.2) is 0 Å². The van der Waals surface area contributed by atoms with E-state index in [9.17, 15) is 5.26 Å². The summed E-state index contributed by atoms with van der Waals surface area (Å²) in [6.45, 7) is 0. The van der Waals surface area contributed by atoms with Gasteiger partial charge in [-0.15, -0.1) is 0 Å². The van der Waals surface area contributed by atoms with Gasteiger partial charge in [0.15, 0.2) is 0 Å². The van der Waals surface area contributed by atoms with Crippen molar-refractivity contribution < 1.29 is 4.42 Å². The molecule has 4 heteroatoms. The van der Waals surface area contributed by atoms with Crippen LogP contribution in [-0.2, 0) is 0 Å². The number of furan rings is 1. The van der Waals surface area contributed by atoms with Crippen molar-refractivity contribution in [2.45, 2.75) is 0 Å². The number of nitriles is 1. The fourth-order valence-electron chi connectivity index (χ4n) is 5.00. The molecule has 4 aromatic carbocycles. The van der Waals surface area contributed by atoms with E-state index >= 15 is 0 Å². The third-order valence-corrected chi connectivity index (χ3v) is 6.49. The van der Waals surface area contributed by atoms with Crippen molar-refractivity contribution in [2.75, 3.05) is 0 Å². The van der Waals surface area contributed by atoms with Gasteiger partial charge in [0.25, 0.3) is 0 Å². The summed E-state index contributed by atoms with van der Waals surface area (Å²) in [6.07, 6.45) is 3.38. The SMILES string of the molecule is N#Cc1cncc(-c2cccc(-n3c4ccccc4c4c5oc6ccccc6c5ccc43)c2)c1. The van der Waals surface area contributed by atoms with Gasteiger partial charge in [-0.3, -0.25) is 4.98 Å². The predicted octanol–water partition coefficient (Wildman–Crippen LogP) is 7.62. The summed E-state index contributed by atoms with van der Waals surface area (Å²) in [5.41, 5.74) is 7.54. The molecule has 0 unspecified atom stereocenters. The molecule has 0 atom stereocenters. The van der Waals surface area contributed by atoms with Gasteiger partial charge in [0, 0.05) is 39.8 Å². The van der Waals surface area contributed by atoms with Crippen molar-refractivity contribution in [3.63, 3.8) is 0 Å². The smallest absolute Gasteiger partial charge is 0.145 e. The third kappa shape index (κ3) is 2.61. The number of nitrogens with zero attached hydrogens (tertiary/aromatic N) is 3. The van der Waals surface area contributed by atoms with Crippen LogP contribution >= 0.6 is 0 Å². The van der Waals surface area contributed by atoms with Gasteiger partial charge < -0.3 is 8.98 Å². The predicted molar refractivity (Wildman–Crippen MR) is 136 cm³/mol. The van der Waals surface area contributed by atoms with E-state index in [1.807, 2.05) is 36.4 Å². The molecule has 0 spiro atoms. The largest absolute Gasteiger partial charge is 0.455 e. The molecule has 0 aliphatic carbocycles. The maximum absolute atomic E-state index is 9.29. The quantitative estimate of drug-likeness (QED) is 0.281. The normalized spacial score (nSPS) is 11.5. The van der Waals surface area contributed by atoms with E-state index in [0.717, 1.165) is 60.6 Å². The summed E-state index contributed by atoms with van der Waals surface area (Å²) < 4.78 is 8.67. The van der Waals surface area contributed by atoms with E-state index in [1.165, 1.54) is 0 Å². The molecule has 158 valence electrons. The minimum absolute atomic E-state index is 0.548. The van der Waals surface area contributed by atoms with Crippen molar-refractivity contribution in [3.8, 4) is 22.9 Å². The fourth-order valence-corrected chi connectivity index (χ4v) is 5.00. The van der Waals surface area contributed by atoms with Crippen molar-refractivity contribution in [2.24, 2.45) is 0 Å². The van der Waals surface area contributed by atoms with Crippen LogP contribution in [-0.4, -0.2) is 9.55 Å². The molecular weight excluding hydrogens is 418 g/mol. The molecule has 4 nitrogen and oxygen atoms in total. The standard InChI is InChI=1S/C30H17N3O/c31-16-19-14-21(18-32-17-19)20-6-5-7-22(15-20)33-26-10-3-1-9-25(26)29-27(33)13-12-24-23-8-2-4-11-28(23)34-30(24)29/h1-15,17-18H. The zero-order valence-electron chi connectivity index (χ0n) is 18.1. The summed E-state index contributed by atoms with van der Waals surface area (Å²) in [5.74, 6) is 0. The van der Waals surface area contributed by atoms with Crippen molar-refractivity contribution in [1.82, 2.24) is 9.55 Å². The fraction of sp³-hybridized carbons (Fsp3) is 0. The first-order valence-corrected chi connectivity index (χ1v) is 11.1. The lowest BCUT2D eigenvalue weighted by atomic mass is 10.1. The number of fused-ring (bicyclic) bond motifs is 7. The first kappa shape index (κ1) is 18.7. The summed E-state index contributed by atoms with van der Waals surface area (Å²) in [5, 5.41) is 13.8. The van der Waals surface area contributed by atoms with E-state index in [0.29, 0.717) is 5.56 Å². The van der Waals surface area contributed by atoms with Gasteiger partial charge in [0.05, 0.1) is 22.0 Å². The second-order valence-corrected chi connectivity index (χ2v) is 8.41. The molecule has 7 rings (SSSR count). The Kier molecular flexibility index (Phi) is 3.88. The summed E-state index contributed by atoms with van der Waals surface area (Å²) in [6, 6.07) is 33.4. The number of hydrogen-bond donors (Lipinski definition) is 0. The topological polar surface area (TPSA) is 54.8 Å².